The third-order valence-corrected chi connectivity index (χ3v) is 7.18. The lowest BCUT2D eigenvalue weighted by Gasteiger charge is -2.18. The van der Waals surface area contributed by atoms with E-state index < -0.39 is 10.0 Å². The average molecular weight is 388 g/mol. The van der Waals surface area contributed by atoms with Gasteiger partial charge in [0.2, 0.25) is 15.9 Å². The predicted molar refractivity (Wildman–Crippen MR) is 102 cm³/mol. The maximum Gasteiger partial charge on any atom is 0.243 e. The molecule has 3 heterocycles. The number of sulfonamides is 1. The molecule has 0 atom stereocenters. The third-order valence-electron chi connectivity index (χ3n) is 5.38. The van der Waals surface area contributed by atoms with E-state index in [1.165, 1.54) is 11.2 Å². The minimum Gasteiger partial charge on any atom is -0.335 e. The smallest absolute Gasteiger partial charge is 0.243 e. The standard InChI is InChI=1S/C19H24N4O3S/c1-14(24)23-10-8-15-11-17(6-7-18(15)23)27(25,26)21(2)12-16-13-22-9-4-3-5-19(22)20-16/h6-7,11,13H,3-5,8-10,12H2,1-2H3. The third kappa shape index (κ3) is 3.27. The highest BCUT2D eigenvalue weighted by Gasteiger charge is 2.27. The highest BCUT2D eigenvalue weighted by molar-refractivity contribution is 7.89. The molecule has 7 nitrogen and oxygen atoms in total. The Bertz CT molecular complexity index is 973. The van der Waals surface area contributed by atoms with Crippen LogP contribution in [0.5, 0.6) is 0 Å². The van der Waals surface area contributed by atoms with Crippen molar-refractivity contribution in [1.82, 2.24) is 13.9 Å². The fraction of sp³-hybridized carbons (Fsp3) is 0.474. The first kappa shape index (κ1) is 18.2. The molecule has 27 heavy (non-hydrogen) atoms. The van der Waals surface area contributed by atoms with Crippen LogP contribution in [0, 0.1) is 0 Å². The number of aromatic nitrogens is 2. The monoisotopic (exact) mass is 388 g/mol. The number of carbonyl (C=O) groups is 1. The van der Waals surface area contributed by atoms with Crippen molar-refractivity contribution in [2.45, 2.75) is 50.6 Å². The van der Waals surface area contributed by atoms with E-state index >= 15 is 0 Å². The summed E-state index contributed by atoms with van der Waals surface area (Å²) >= 11 is 0. The van der Waals surface area contributed by atoms with Gasteiger partial charge in [0.15, 0.2) is 0 Å². The molecule has 1 aromatic heterocycles. The molecule has 0 N–H and O–H groups in total. The molecule has 0 saturated heterocycles. The molecule has 0 fully saturated rings. The van der Waals surface area contributed by atoms with Gasteiger partial charge in [-0.25, -0.2) is 13.4 Å². The molecule has 0 radical (unpaired) electrons. The van der Waals surface area contributed by atoms with Crippen molar-refractivity contribution >= 4 is 21.6 Å². The predicted octanol–water partition coefficient (Wildman–Crippen LogP) is 1.95. The number of carbonyl (C=O) groups excluding carboxylic acids is 1. The summed E-state index contributed by atoms with van der Waals surface area (Å²) in [7, 11) is -2.03. The Morgan fingerprint density at radius 3 is 2.78 bits per heavy atom. The van der Waals surface area contributed by atoms with Crippen LogP contribution < -0.4 is 4.90 Å². The lowest BCUT2D eigenvalue weighted by Crippen LogP contribution is -2.27. The zero-order chi connectivity index (χ0) is 19.2. The van der Waals surface area contributed by atoms with E-state index in [2.05, 4.69) is 9.55 Å². The number of hydrogen-bond donors (Lipinski definition) is 0. The molecule has 0 unspecified atom stereocenters. The first-order valence-corrected chi connectivity index (χ1v) is 10.7. The van der Waals surface area contributed by atoms with Crippen molar-refractivity contribution in [3.05, 3.63) is 41.5 Å². The van der Waals surface area contributed by atoms with E-state index in [-0.39, 0.29) is 17.3 Å². The van der Waals surface area contributed by atoms with Crippen LogP contribution in [0.25, 0.3) is 0 Å². The van der Waals surface area contributed by atoms with Gasteiger partial charge in [-0.15, -0.1) is 0 Å². The Labute approximate surface area is 159 Å². The second kappa shape index (κ2) is 6.76. The summed E-state index contributed by atoms with van der Waals surface area (Å²) in [6.45, 7) is 3.33. The Morgan fingerprint density at radius 1 is 1.22 bits per heavy atom. The highest BCUT2D eigenvalue weighted by Crippen LogP contribution is 2.31. The molecule has 1 amide bonds. The number of imidazole rings is 1. The molecular formula is C19H24N4O3S. The van der Waals surface area contributed by atoms with Crippen LogP contribution in [0.1, 0.15) is 36.8 Å². The quantitative estimate of drug-likeness (QED) is 0.802. The number of nitrogens with zero attached hydrogens (tertiary/aromatic N) is 4. The van der Waals surface area contributed by atoms with E-state index in [0.29, 0.717) is 13.0 Å². The van der Waals surface area contributed by atoms with E-state index in [1.54, 1.807) is 30.1 Å². The van der Waals surface area contributed by atoms with Gasteiger partial charge >= 0.3 is 0 Å². The molecule has 2 aliphatic heterocycles. The van der Waals surface area contributed by atoms with Crippen LogP contribution in [0.4, 0.5) is 5.69 Å². The van der Waals surface area contributed by atoms with Gasteiger partial charge in [0.25, 0.3) is 0 Å². The fourth-order valence-corrected chi connectivity index (χ4v) is 5.10. The van der Waals surface area contributed by atoms with Crippen molar-refractivity contribution in [3.63, 3.8) is 0 Å². The zero-order valence-corrected chi connectivity index (χ0v) is 16.5. The largest absolute Gasteiger partial charge is 0.335 e. The molecule has 0 aliphatic carbocycles. The summed E-state index contributed by atoms with van der Waals surface area (Å²) in [5.41, 5.74) is 2.49. The molecule has 8 heteroatoms. The summed E-state index contributed by atoms with van der Waals surface area (Å²) in [6.07, 6.45) is 5.87. The van der Waals surface area contributed by atoms with Gasteiger partial charge < -0.3 is 9.47 Å². The summed E-state index contributed by atoms with van der Waals surface area (Å²) < 4.78 is 29.5. The van der Waals surface area contributed by atoms with Crippen molar-refractivity contribution < 1.29 is 13.2 Å². The Kier molecular flexibility index (Phi) is 4.55. The van der Waals surface area contributed by atoms with Crippen molar-refractivity contribution in [2.24, 2.45) is 0 Å². The first-order valence-electron chi connectivity index (χ1n) is 9.28. The molecule has 2 aliphatic rings. The Hall–Kier alpha value is -2.19. The van der Waals surface area contributed by atoms with E-state index in [0.717, 1.165) is 48.6 Å². The van der Waals surface area contributed by atoms with Crippen molar-refractivity contribution in [1.29, 1.82) is 0 Å². The van der Waals surface area contributed by atoms with Crippen molar-refractivity contribution in [3.8, 4) is 0 Å². The van der Waals surface area contributed by atoms with Crippen LogP contribution in [0.15, 0.2) is 29.3 Å². The van der Waals surface area contributed by atoms with Crippen LogP contribution >= 0.6 is 0 Å². The molecular weight excluding hydrogens is 364 g/mol. The minimum absolute atomic E-state index is 0.0229. The minimum atomic E-state index is -3.62. The Morgan fingerprint density at radius 2 is 2.04 bits per heavy atom. The van der Waals surface area contributed by atoms with Crippen LogP contribution in [-0.4, -0.2) is 41.8 Å². The van der Waals surface area contributed by atoms with Gasteiger partial charge in [-0.05, 0) is 43.0 Å². The van der Waals surface area contributed by atoms with Gasteiger partial charge in [0, 0.05) is 45.4 Å². The summed E-state index contributed by atoms with van der Waals surface area (Å²) in [6, 6.07) is 5.02. The maximum absolute atomic E-state index is 13.0. The van der Waals surface area contributed by atoms with Crippen molar-refractivity contribution in [2.75, 3.05) is 18.5 Å². The SMILES string of the molecule is CC(=O)N1CCc2cc(S(=O)(=O)N(C)Cc3cn4c(n3)CCCC4)ccc21. The normalized spacial score (nSPS) is 16.5. The molecule has 1 aromatic carbocycles. The number of rotatable bonds is 4. The number of aryl methyl sites for hydroxylation is 2. The highest BCUT2D eigenvalue weighted by atomic mass is 32.2. The number of amides is 1. The number of hydrogen-bond acceptors (Lipinski definition) is 4. The lowest BCUT2D eigenvalue weighted by molar-refractivity contribution is -0.116. The molecule has 2 aromatic rings. The topological polar surface area (TPSA) is 75.5 Å². The Balaban J connectivity index is 1.56. The summed E-state index contributed by atoms with van der Waals surface area (Å²) in [5, 5.41) is 0. The number of anilines is 1. The number of fused-ring (bicyclic) bond motifs is 2. The van der Waals surface area contributed by atoms with Gasteiger partial charge in [-0.2, -0.15) is 4.31 Å². The molecule has 0 saturated carbocycles. The lowest BCUT2D eigenvalue weighted by atomic mass is 10.2. The summed E-state index contributed by atoms with van der Waals surface area (Å²) in [4.78, 5) is 18.2. The van der Waals surface area contributed by atoms with E-state index in [4.69, 9.17) is 0 Å². The van der Waals surface area contributed by atoms with Crippen LogP contribution in [-0.2, 0) is 40.7 Å². The molecule has 0 spiro atoms. The van der Waals surface area contributed by atoms with E-state index in [1.807, 2.05) is 6.20 Å². The van der Waals surface area contributed by atoms with Crippen LogP contribution in [0.2, 0.25) is 0 Å². The first-order chi connectivity index (χ1) is 12.9. The summed E-state index contributed by atoms with van der Waals surface area (Å²) in [5.74, 6) is 1.02. The van der Waals surface area contributed by atoms with Gasteiger partial charge in [-0.1, -0.05) is 0 Å². The molecule has 0 bridgehead atoms. The maximum atomic E-state index is 13.0. The second-order valence-electron chi connectivity index (χ2n) is 7.27. The van der Waals surface area contributed by atoms with Gasteiger partial charge in [-0.3, -0.25) is 4.79 Å². The van der Waals surface area contributed by atoms with Gasteiger partial charge in [0.05, 0.1) is 17.1 Å². The van der Waals surface area contributed by atoms with Gasteiger partial charge in [0.1, 0.15) is 5.82 Å². The number of benzene rings is 1. The molecule has 144 valence electrons. The van der Waals surface area contributed by atoms with E-state index in [9.17, 15) is 13.2 Å². The van der Waals surface area contributed by atoms with Crippen LogP contribution in [0.3, 0.4) is 0 Å². The second-order valence-corrected chi connectivity index (χ2v) is 9.32. The average Bonchev–Trinajstić information content (AvgIpc) is 3.24. The fourth-order valence-electron chi connectivity index (χ4n) is 3.91. The molecule has 4 rings (SSSR count). The zero-order valence-electron chi connectivity index (χ0n) is 15.7.